The van der Waals surface area contributed by atoms with Gasteiger partial charge in [0.15, 0.2) is 5.65 Å². The molecule has 2 aromatic heterocycles. The number of para-hydroxylation sites is 2. The summed E-state index contributed by atoms with van der Waals surface area (Å²) in [5.74, 6) is 0.180. The number of amides is 1. The Kier molecular flexibility index (Phi) is 5.35. The van der Waals surface area contributed by atoms with Crippen LogP contribution in [-0.4, -0.2) is 31.4 Å². The monoisotopic (exact) mass is 487 g/mol. The van der Waals surface area contributed by atoms with E-state index in [0.29, 0.717) is 0 Å². The number of anilines is 1. The van der Waals surface area contributed by atoms with E-state index >= 15 is 0 Å². The van der Waals surface area contributed by atoms with Crippen molar-refractivity contribution in [2.24, 2.45) is 0 Å². The van der Waals surface area contributed by atoms with Gasteiger partial charge in [-0.15, -0.1) is 0 Å². The number of thioether (sulfide) groups is 1. The Morgan fingerprint density at radius 1 is 1.07 bits per heavy atom. The topological polar surface area (TPSA) is 72.7 Å². The number of carbonyl (C=O) groups excluding carboxylic acids is 1. The van der Waals surface area contributed by atoms with Gasteiger partial charge in [0.05, 0.1) is 28.7 Å². The van der Waals surface area contributed by atoms with Crippen molar-refractivity contribution >= 4 is 57.0 Å². The highest BCUT2D eigenvalue weighted by molar-refractivity contribution is 14.1. The van der Waals surface area contributed by atoms with E-state index in [1.807, 2.05) is 54.6 Å². The van der Waals surface area contributed by atoms with Gasteiger partial charge in [0.1, 0.15) is 11.4 Å². The fourth-order valence-electron chi connectivity index (χ4n) is 2.58. The maximum Gasteiger partial charge on any atom is 0.234 e. The summed E-state index contributed by atoms with van der Waals surface area (Å²) in [7, 11) is 0. The van der Waals surface area contributed by atoms with Gasteiger partial charge in [-0.05, 0) is 46.9 Å². The zero-order chi connectivity index (χ0) is 18.6. The third-order valence-electron chi connectivity index (χ3n) is 3.82. The molecule has 0 atom stereocenters. The van der Waals surface area contributed by atoms with Gasteiger partial charge in [-0.3, -0.25) is 4.79 Å². The second-order valence-corrected chi connectivity index (χ2v) is 7.75. The number of rotatable bonds is 5. The number of carbonyl (C=O) groups is 1. The first-order valence-corrected chi connectivity index (χ1v) is 10.2. The molecule has 0 bridgehead atoms. The van der Waals surface area contributed by atoms with Crippen molar-refractivity contribution in [2.45, 2.75) is 5.03 Å². The smallest absolute Gasteiger partial charge is 0.234 e. The lowest BCUT2D eigenvalue weighted by molar-refractivity contribution is -0.113. The van der Waals surface area contributed by atoms with Crippen LogP contribution >= 0.6 is 34.4 Å². The summed E-state index contributed by atoms with van der Waals surface area (Å²) in [5.41, 5.74) is 2.46. The van der Waals surface area contributed by atoms with Crippen molar-refractivity contribution in [3.05, 3.63) is 70.7 Å². The molecule has 0 spiro atoms. The summed E-state index contributed by atoms with van der Waals surface area (Å²) >= 11 is 3.57. The number of hydrogen-bond acceptors (Lipinski definition) is 5. The van der Waals surface area contributed by atoms with Gasteiger partial charge in [0.25, 0.3) is 0 Å². The van der Waals surface area contributed by atoms with Crippen LogP contribution < -0.4 is 5.32 Å². The Bertz CT molecular complexity index is 1100. The van der Waals surface area contributed by atoms with E-state index in [-0.39, 0.29) is 11.7 Å². The number of benzene rings is 2. The molecule has 0 unspecified atom stereocenters. The van der Waals surface area contributed by atoms with E-state index in [0.717, 1.165) is 31.0 Å². The molecule has 0 fully saturated rings. The highest BCUT2D eigenvalue weighted by Gasteiger charge is 2.13. The molecule has 27 heavy (non-hydrogen) atoms. The van der Waals surface area contributed by atoms with Crippen molar-refractivity contribution < 1.29 is 4.79 Å². The third-order valence-corrected chi connectivity index (χ3v) is 5.76. The molecule has 0 aliphatic rings. The van der Waals surface area contributed by atoms with Gasteiger partial charge in [-0.1, -0.05) is 42.1 Å². The average Bonchev–Trinajstić information content (AvgIpc) is 3.13. The molecular weight excluding hydrogens is 473 g/mol. The molecule has 2 aromatic carbocycles. The molecule has 4 rings (SSSR count). The third kappa shape index (κ3) is 3.96. The maximum absolute atomic E-state index is 12.3. The molecule has 4 aromatic rings. The van der Waals surface area contributed by atoms with Crippen LogP contribution in [0.2, 0.25) is 0 Å². The average molecular weight is 487 g/mol. The van der Waals surface area contributed by atoms with Crippen molar-refractivity contribution in [3.8, 4) is 5.69 Å². The fraction of sp³-hybridized carbons (Fsp3) is 0.0526. The first kappa shape index (κ1) is 17.9. The quantitative estimate of drug-likeness (QED) is 0.260. The van der Waals surface area contributed by atoms with Crippen LogP contribution in [0.3, 0.4) is 0 Å². The minimum atomic E-state index is -0.0775. The second kappa shape index (κ2) is 8.05. The largest absolute Gasteiger partial charge is 0.324 e. The van der Waals surface area contributed by atoms with Gasteiger partial charge in [0, 0.05) is 3.57 Å². The zero-order valence-corrected chi connectivity index (χ0v) is 17.0. The first-order chi connectivity index (χ1) is 13.2. The normalized spacial score (nSPS) is 10.9. The zero-order valence-electron chi connectivity index (χ0n) is 14.0. The summed E-state index contributed by atoms with van der Waals surface area (Å²) < 4.78 is 2.77. The molecule has 6 nitrogen and oxygen atoms in total. The van der Waals surface area contributed by atoms with Crippen LogP contribution in [0.5, 0.6) is 0 Å². The molecular formula is C19H14IN5OS. The predicted molar refractivity (Wildman–Crippen MR) is 115 cm³/mol. The lowest BCUT2D eigenvalue weighted by Crippen LogP contribution is -2.14. The molecule has 1 N–H and O–H groups in total. The molecule has 0 aliphatic heterocycles. The summed E-state index contributed by atoms with van der Waals surface area (Å²) in [6.45, 7) is 0. The minimum Gasteiger partial charge on any atom is -0.324 e. The van der Waals surface area contributed by atoms with Gasteiger partial charge >= 0.3 is 0 Å². The van der Waals surface area contributed by atoms with E-state index in [1.54, 1.807) is 10.9 Å². The predicted octanol–water partition coefficient (Wildman–Crippen LogP) is 4.15. The molecule has 1 amide bonds. The second-order valence-electron chi connectivity index (χ2n) is 5.62. The lowest BCUT2D eigenvalue weighted by atomic mass is 10.3. The summed E-state index contributed by atoms with van der Waals surface area (Å²) in [6.07, 6.45) is 3.24. The van der Waals surface area contributed by atoms with Crippen LogP contribution in [0.1, 0.15) is 0 Å². The molecule has 0 saturated heterocycles. The van der Waals surface area contributed by atoms with Crippen molar-refractivity contribution in [3.63, 3.8) is 0 Å². The fourth-order valence-corrected chi connectivity index (χ4v) is 3.86. The number of hydrogen-bond donors (Lipinski definition) is 1. The molecule has 0 aliphatic carbocycles. The molecule has 2 heterocycles. The van der Waals surface area contributed by atoms with Crippen molar-refractivity contribution in [2.75, 3.05) is 11.1 Å². The number of nitrogens with zero attached hydrogens (tertiary/aromatic N) is 4. The molecule has 134 valence electrons. The summed E-state index contributed by atoms with van der Waals surface area (Å²) in [6, 6.07) is 17.5. The van der Waals surface area contributed by atoms with E-state index in [9.17, 15) is 4.79 Å². The Hall–Kier alpha value is -2.46. The Morgan fingerprint density at radius 2 is 1.85 bits per heavy atom. The minimum absolute atomic E-state index is 0.0775. The number of nitrogens with one attached hydrogen (secondary N) is 1. The highest BCUT2D eigenvalue weighted by atomic mass is 127. The first-order valence-electron chi connectivity index (χ1n) is 8.14. The molecule has 8 heteroatoms. The Labute approximate surface area is 173 Å². The van der Waals surface area contributed by atoms with Crippen LogP contribution in [0.15, 0.2) is 72.1 Å². The van der Waals surface area contributed by atoms with E-state index in [1.165, 1.54) is 18.1 Å². The van der Waals surface area contributed by atoms with Crippen LogP contribution in [-0.2, 0) is 4.79 Å². The van der Waals surface area contributed by atoms with Gasteiger partial charge in [-0.2, -0.15) is 5.10 Å². The SMILES string of the molecule is O=C(CSc1ncnc2c1cnn2-c1ccccc1)Nc1ccccc1I. The van der Waals surface area contributed by atoms with Crippen LogP contribution in [0.4, 0.5) is 5.69 Å². The van der Waals surface area contributed by atoms with Crippen molar-refractivity contribution in [1.82, 2.24) is 19.7 Å². The van der Waals surface area contributed by atoms with E-state index in [2.05, 4.69) is 43.0 Å². The van der Waals surface area contributed by atoms with Crippen LogP contribution in [0, 0.1) is 3.57 Å². The highest BCUT2D eigenvalue weighted by Crippen LogP contribution is 2.26. The van der Waals surface area contributed by atoms with E-state index < -0.39 is 0 Å². The van der Waals surface area contributed by atoms with E-state index in [4.69, 9.17) is 0 Å². The Balaban J connectivity index is 1.52. The number of aromatic nitrogens is 4. The molecule has 0 saturated carbocycles. The van der Waals surface area contributed by atoms with Crippen molar-refractivity contribution in [1.29, 1.82) is 0 Å². The summed E-state index contributed by atoms with van der Waals surface area (Å²) in [4.78, 5) is 21.0. The summed E-state index contributed by atoms with van der Waals surface area (Å²) in [5, 5.41) is 8.92. The standard InChI is InChI=1S/C19H14IN5OS/c20-15-8-4-5-9-16(15)24-17(26)11-27-19-14-10-23-25(18(14)21-12-22-19)13-6-2-1-3-7-13/h1-10,12H,11H2,(H,24,26). The van der Waals surface area contributed by atoms with Gasteiger partial charge < -0.3 is 5.32 Å². The van der Waals surface area contributed by atoms with Gasteiger partial charge in [0.2, 0.25) is 5.91 Å². The number of halogens is 1. The maximum atomic E-state index is 12.3. The lowest BCUT2D eigenvalue weighted by Gasteiger charge is -2.07. The molecule has 0 radical (unpaired) electrons. The van der Waals surface area contributed by atoms with Gasteiger partial charge in [-0.25, -0.2) is 14.6 Å². The number of fused-ring (bicyclic) bond motifs is 1. The van der Waals surface area contributed by atoms with Crippen LogP contribution in [0.25, 0.3) is 16.7 Å². The Morgan fingerprint density at radius 3 is 2.67 bits per heavy atom.